The highest BCUT2D eigenvalue weighted by Gasteiger charge is 2.17. The molecule has 18 heavy (non-hydrogen) atoms. The van der Waals surface area contributed by atoms with E-state index in [1.54, 1.807) is 6.08 Å². The van der Waals surface area contributed by atoms with Crippen molar-refractivity contribution in [2.24, 2.45) is 14.1 Å². The molecule has 2 rings (SSSR count). The number of aromatic nitrogens is 4. The third-order valence-corrected chi connectivity index (χ3v) is 2.79. The molecule has 0 spiro atoms. The van der Waals surface area contributed by atoms with Crippen LogP contribution in [0.2, 0.25) is 0 Å². The van der Waals surface area contributed by atoms with Gasteiger partial charge in [-0.1, -0.05) is 6.08 Å². The molecule has 0 N–H and O–H groups in total. The normalized spacial score (nSPS) is 10.8. The van der Waals surface area contributed by atoms with Crippen LogP contribution in [0.5, 0.6) is 0 Å². The maximum Gasteiger partial charge on any atom is 0.332 e. The second-order valence-electron chi connectivity index (χ2n) is 3.87. The molecule has 2 heterocycles. The summed E-state index contributed by atoms with van der Waals surface area (Å²) in [5.41, 5.74) is -0.530. The molecule has 0 atom stereocenters. The average Bonchev–Trinajstić information content (AvgIpc) is 2.73. The van der Waals surface area contributed by atoms with Gasteiger partial charge in [0.05, 0.1) is 0 Å². The van der Waals surface area contributed by atoms with Crippen LogP contribution in [0.3, 0.4) is 0 Å². The molecule has 0 saturated heterocycles. The van der Waals surface area contributed by atoms with E-state index in [1.807, 2.05) is 0 Å². The molecule has 7 nitrogen and oxygen atoms in total. The first kappa shape index (κ1) is 12.0. The molecule has 0 unspecified atom stereocenters. The van der Waals surface area contributed by atoms with Crippen molar-refractivity contribution in [1.82, 2.24) is 18.7 Å². The molecule has 0 radical (unpaired) electrons. The van der Waals surface area contributed by atoms with Gasteiger partial charge in [0.15, 0.2) is 23.3 Å². The van der Waals surface area contributed by atoms with E-state index in [-0.39, 0.29) is 23.5 Å². The van der Waals surface area contributed by atoms with Gasteiger partial charge in [-0.2, -0.15) is 0 Å². The Labute approximate surface area is 102 Å². The lowest BCUT2D eigenvalue weighted by Crippen LogP contribution is -2.37. The Kier molecular flexibility index (Phi) is 2.74. The number of carbonyl (C=O) groups is 1. The zero-order valence-corrected chi connectivity index (χ0v) is 10.1. The maximum absolute atomic E-state index is 12.1. The first-order valence-corrected chi connectivity index (χ1v) is 5.25. The van der Waals surface area contributed by atoms with Crippen LogP contribution >= 0.6 is 0 Å². The topological polar surface area (TPSA) is 78.9 Å². The third kappa shape index (κ3) is 1.44. The molecule has 0 aliphatic rings. The van der Waals surface area contributed by atoms with Crippen LogP contribution in [0.4, 0.5) is 0 Å². The molecular formula is C11H12N4O3. The second kappa shape index (κ2) is 4.10. The maximum atomic E-state index is 12.1. The molecule has 0 aliphatic heterocycles. The van der Waals surface area contributed by atoms with E-state index in [0.717, 1.165) is 4.57 Å². The van der Waals surface area contributed by atoms with E-state index in [4.69, 9.17) is 0 Å². The van der Waals surface area contributed by atoms with Crippen LogP contribution < -0.4 is 11.2 Å². The van der Waals surface area contributed by atoms with Crippen LogP contribution in [0.1, 0.15) is 10.6 Å². The second-order valence-corrected chi connectivity index (χ2v) is 3.87. The quantitative estimate of drug-likeness (QED) is 0.538. The monoisotopic (exact) mass is 248 g/mol. The zero-order valence-electron chi connectivity index (χ0n) is 10.1. The number of imidazole rings is 1. The predicted octanol–water partition coefficient (Wildman–Crippen LogP) is -0.568. The number of fused-ring (bicyclic) bond motifs is 1. The minimum Gasteiger partial charge on any atom is -0.312 e. The van der Waals surface area contributed by atoms with Crippen molar-refractivity contribution in [1.29, 1.82) is 0 Å². The molecule has 2 aromatic rings. The van der Waals surface area contributed by atoms with Crippen molar-refractivity contribution in [3.63, 3.8) is 0 Å². The number of allylic oxidation sites excluding steroid dienone is 1. The average molecular weight is 248 g/mol. The van der Waals surface area contributed by atoms with Crippen molar-refractivity contribution in [2.45, 2.75) is 6.54 Å². The zero-order chi connectivity index (χ0) is 13.4. The Morgan fingerprint density at radius 3 is 2.50 bits per heavy atom. The summed E-state index contributed by atoms with van der Waals surface area (Å²) in [5.74, 6) is 0.100. The van der Waals surface area contributed by atoms with E-state index in [0.29, 0.717) is 6.29 Å². The van der Waals surface area contributed by atoms with Crippen molar-refractivity contribution in [3.8, 4) is 0 Å². The van der Waals surface area contributed by atoms with Gasteiger partial charge in [0.2, 0.25) is 0 Å². The van der Waals surface area contributed by atoms with E-state index in [9.17, 15) is 14.4 Å². The minimum absolute atomic E-state index is 0.100. The van der Waals surface area contributed by atoms with Crippen LogP contribution in [0.25, 0.3) is 11.2 Å². The lowest BCUT2D eigenvalue weighted by molar-refractivity contribution is 0.111. The third-order valence-electron chi connectivity index (χ3n) is 2.79. The number of rotatable bonds is 3. The lowest BCUT2D eigenvalue weighted by atomic mass is 10.4. The largest absolute Gasteiger partial charge is 0.332 e. The van der Waals surface area contributed by atoms with E-state index in [1.165, 1.54) is 23.2 Å². The molecule has 2 aromatic heterocycles. The van der Waals surface area contributed by atoms with Gasteiger partial charge in [0.1, 0.15) is 0 Å². The Morgan fingerprint density at radius 2 is 1.94 bits per heavy atom. The molecular weight excluding hydrogens is 236 g/mol. The fraction of sp³-hybridized carbons (Fsp3) is 0.273. The summed E-state index contributed by atoms with van der Waals surface area (Å²) >= 11 is 0. The fourth-order valence-electron chi connectivity index (χ4n) is 1.87. The first-order chi connectivity index (χ1) is 8.52. The van der Waals surface area contributed by atoms with E-state index >= 15 is 0 Å². The molecule has 0 fully saturated rings. The number of hydrogen-bond donors (Lipinski definition) is 0. The summed E-state index contributed by atoms with van der Waals surface area (Å²) in [4.78, 5) is 38.8. The van der Waals surface area contributed by atoms with Crippen LogP contribution in [-0.2, 0) is 20.6 Å². The standard InChI is InChI=1S/C11H12N4O3/c1-4-5-15-7(6-16)12-9-8(15)10(17)14(3)11(18)13(9)2/h4,6H,1,5H2,2-3H3. The van der Waals surface area contributed by atoms with Gasteiger partial charge in [-0.05, 0) is 0 Å². The van der Waals surface area contributed by atoms with E-state index < -0.39 is 11.2 Å². The number of nitrogens with zero attached hydrogens (tertiary/aromatic N) is 4. The number of aldehydes is 1. The van der Waals surface area contributed by atoms with Crippen molar-refractivity contribution in [2.75, 3.05) is 0 Å². The minimum atomic E-state index is -0.479. The van der Waals surface area contributed by atoms with Crippen LogP contribution in [0, 0.1) is 0 Å². The molecule has 0 bridgehead atoms. The summed E-state index contributed by atoms with van der Waals surface area (Å²) in [6.07, 6.45) is 2.10. The van der Waals surface area contributed by atoms with Gasteiger partial charge >= 0.3 is 5.69 Å². The first-order valence-electron chi connectivity index (χ1n) is 5.25. The van der Waals surface area contributed by atoms with Crippen LogP contribution in [0.15, 0.2) is 22.2 Å². The van der Waals surface area contributed by atoms with Gasteiger partial charge in [-0.25, -0.2) is 9.78 Å². The molecule has 0 saturated carbocycles. The fourth-order valence-corrected chi connectivity index (χ4v) is 1.87. The Morgan fingerprint density at radius 1 is 1.28 bits per heavy atom. The summed E-state index contributed by atoms with van der Waals surface area (Å²) in [7, 11) is 2.89. The Balaban J connectivity index is 3.09. The molecule has 0 amide bonds. The highest BCUT2D eigenvalue weighted by molar-refractivity contribution is 5.80. The molecule has 7 heteroatoms. The van der Waals surface area contributed by atoms with Gasteiger partial charge in [-0.3, -0.25) is 18.7 Å². The van der Waals surface area contributed by atoms with Crippen molar-refractivity contribution in [3.05, 3.63) is 39.3 Å². The summed E-state index contributed by atoms with van der Waals surface area (Å²) in [5, 5.41) is 0. The van der Waals surface area contributed by atoms with Gasteiger partial charge in [-0.15, -0.1) is 6.58 Å². The lowest BCUT2D eigenvalue weighted by Gasteiger charge is -2.04. The highest BCUT2D eigenvalue weighted by atomic mass is 16.2. The van der Waals surface area contributed by atoms with Gasteiger partial charge in [0.25, 0.3) is 5.56 Å². The number of hydrogen-bond acceptors (Lipinski definition) is 4. The number of aryl methyl sites for hydroxylation is 1. The van der Waals surface area contributed by atoms with Gasteiger partial charge in [0, 0.05) is 20.6 Å². The summed E-state index contributed by atoms with van der Waals surface area (Å²) in [6, 6.07) is 0. The molecule has 0 aromatic carbocycles. The Hall–Kier alpha value is -2.44. The smallest absolute Gasteiger partial charge is 0.312 e. The highest BCUT2D eigenvalue weighted by Crippen LogP contribution is 2.09. The summed E-state index contributed by atoms with van der Waals surface area (Å²) < 4.78 is 3.67. The van der Waals surface area contributed by atoms with Crippen molar-refractivity contribution < 1.29 is 4.79 Å². The van der Waals surface area contributed by atoms with Gasteiger partial charge < -0.3 is 4.57 Å². The molecule has 94 valence electrons. The van der Waals surface area contributed by atoms with Crippen molar-refractivity contribution >= 4 is 17.5 Å². The SMILES string of the molecule is C=CCn1c(C=O)nc2c1c(=O)n(C)c(=O)n2C. The summed E-state index contributed by atoms with van der Waals surface area (Å²) in [6.45, 7) is 3.84. The van der Waals surface area contributed by atoms with E-state index in [2.05, 4.69) is 11.6 Å². The van der Waals surface area contributed by atoms with Crippen LogP contribution in [-0.4, -0.2) is 25.0 Å². The molecule has 0 aliphatic carbocycles. The Bertz CT molecular complexity index is 763. The predicted molar refractivity (Wildman–Crippen MR) is 65.8 cm³/mol. The number of carbonyl (C=O) groups excluding carboxylic acids is 1.